The minimum atomic E-state index is -3.51. The molecule has 1 aliphatic heterocycles. The molecule has 1 amide bonds. The summed E-state index contributed by atoms with van der Waals surface area (Å²) >= 11 is 0. The number of carbonyl (C=O) groups excluding carboxylic acids is 1. The third-order valence-corrected chi connectivity index (χ3v) is 5.85. The van der Waals surface area contributed by atoms with Crippen LogP contribution in [0.5, 0.6) is 0 Å². The van der Waals surface area contributed by atoms with Crippen molar-refractivity contribution in [2.45, 2.75) is 44.9 Å². The van der Waals surface area contributed by atoms with Gasteiger partial charge in [-0.15, -0.1) is 0 Å². The molecule has 1 aromatic carbocycles. The van der Waals surface area contributed by atoms with Crippen molar-refractivity contribution in [1.29, 1.82) is 0 Å². The zero-order valence-corrected chi connectivity index (χ0v) is 15.6. The minimum Gasteiger partial charge on any atom is -0.338 e. The van der Waals surface area contributed by atoms with E-state index in [-0.39, 0.29) is 10.8 Å². The van der Waals surface area contributed by atoms with Crippen LogP contribution in [-0.2, 0) is 10.0 Å². The number of hydrogen-bond donors (Lipinski definition) is 1. The number of hydrogen-bond acceptors (Lipinski definition) is 3. The molecule has 1 atom stereocenters. The molecule has 1 fully saturated rings. The van der Waals surface area contributed by atoms with Gasteiger partial charge in [-0.1, -0.05) is 20.8 Å². The number of benzene rings is 1. The summed E-state index contributed by atoms with van der Waals surface area (Å²) in [6, 6.07) is 6.24. The predicted octanol–water partition coefficient (Wildman–Crippen LogP) is 2.88. The fraction of sp³-hybridized carbons (Fsp3) is 0.611. The number of rotatable bonds is 6. The third kappa shape index (κ3) is 5.05. The Labute approximate surface area is 145 Å². The van der Waals surface area contributed by atoms with Crippen LogP contribution in [0.2, 0.25) is 0 Å². The minimum absolute atomic E-state index is 0.0155. The Balaban J connectivity index is 2.03. The van der Waals surface area contributed by atoms with Gasteiger partial charge in [0.05, 0.1) is 4.90 Å². The Morgan fingerprint density at radius 1 is 1.29 bits per heavy atom. The molecule has 1 N–H and O–H groups in total. The molecular formula is C18H28N2O3S. The lowest BCUT2D eigenvalue weighted by molar-refractivity contribution is 0.0683. The molecular weight excluding hydrogens is 324 g/mol. The Hall–Kier alpha value is -1.40. The van der Waals surface area contributed by atoms with Crippen molar-refractivity contribution in [3.8, 4) is 0 Å². The highest BCUT2D eigenvalue weighted by atomic mass is 32.2. The molecule has 1 heterocycles. The second kappa shape index (κ2) is 8.12. The molecule has 1 aliphatic rings. The van der Waals surface area contributed by atoms with E-state index in [1.165, 1.54) is 12.1 Å². The van der Waals surface area contributed by atoms with Gasteiger partial charge < -0.3 is 4.90 Å². The third-order valence-electron chi connectivity index (χ3n) is 4.37. The molecule has 6 heteroatoms. The van der Waals surface area contributed by atoms with Crippen molar-refractivity contribution in [1.82, 2.24) is 9.62 Å². The first-order valence-electron chi connectivity index (χ1n) is 8.68. The number of amides is 1. The fourth-order valence-electron chi connectivity index (χ4n) is 2.90. The Bertz CT molecular complexity index is 653. The zero-order valence-electron chi connectivity index (χ0n) is 14.8. The summed E-state index contributed by atoms with van der Waals surface area (Å²) in [6.45, 7) is 8.23. The monoisotopic (exact) mass is 352 g/mol. The summed E-state index contributed by atoms with van der Waals surface area (Å²) in [4.78, 5) is 14.6. The average molecular weight is 353 g/mol. The van der Waals surface area contributed by atoms with Gasteiger partial charge in [0, 0.05) is 25.2 Å². The lowest BCUT2D eigenvalue weighted by Gasteiger charge is -2.31. The summed E-state index contributed by atoms with van der Waals surface area (Å²) in [7, 11) is -3.51. The van der Waals surface area contributed by atoms with Crippen molar-refractivity contribution < 1.29 is 13.2 Å². The van der Waals surface area contributed by atoms with Crippen molar-refractivity contribution >= 4 is 15.9 Å². The molecule has 24 heavy (non-hydrogen) atoms. The maximum absolute atomic E-state index is 12.5. The first-order valence-corrected chi connectivity index (χ1v) is 10.2. The molecule has 0 bridgehead atoms. The molecule has 1 unspecified atom stereocenters. The first-order chi connectivity index (χ1) is 11.3. The number of nitrogens with one attached hydrogen (secondary N) is 1. The molecule has 0 aliphatic carbocycles. The topological polar surface area (TPSA) is 66.5 Å². The van der Waals surface area contributed by atoms with Gasteiger partial charge >= 0.3 is 0 Å². The molecule has 0 aromatic heterocycles. The molecule has 1 saturated heterocycles. The van der Waals surface area contributed by atoms with Crippen LogP contribution in [0.15, 0.2) is 29.2 Å². The lowest BCUT2D eigenvalue weighted by atomic mass is 9.99. The van der Waals surface area contributed by atoms with Crippen molar-refractivity contribution in [2.24, 2.45) is 11.8 Å². The van der Waals surface area contributed by atoms with E-state index in [0.29, 0.717) is 23.9 Å². The van der Waals surface area contributed by atoms with E-state index < -0.39 is 10.0 Å². The summed E-state index contributed by atoms with van der Waals surface area (Å²) in [5.41, 5.74) is 0.547. The standard InChI is InChI=1S/C18H28N2O3S/c1-14(2)10-11-19-24(22,23)17-8-6-16(7-9-17)18(21)20-12-4-5-15(3)13-20/h6-9,14-15,19H,4-5,10-13H2,1-3H3. The molecule has 1 aromatic rings. The van der Waals surface area contributed by atoms with E-state index in [0.717, 1.165) is 32.4 Å². The van der Waals surface area contributed by atoms with Gasteiger partial charge in [-0.2, -0.15) is 0 Å². The number of sulfonamides is 1. The van der Waals surface area contributed by atoms with Gasteiger partial charge in [-0.3, -0.25) is 4.79 Å². The maximum Gasteiger partial charge on any atom is 0.253 e. The predicted molar refractivity (Wildman–Crippen MR) is 95.4 cm³/mol. The van der Waals surface area contributed by atoms with Gasteiger partial charge in [0.1, 0.15) is 0 Å². The van der Waals surface area contributed by atoms with Crippen molar-refractivity contribution in [2.75, 3.05) is 19.6 Å². The highest BCUT2D eigenvalue weighted by Crippen LogP contribution is 2.19. The van der Waals surface area contributed by atoms with Gasteiger partial charge in [0.25, 0.3) is 5.91 Å². The summed E-state index contributed by atoms with van der Waals surface area (Å²) < 4.78 is 27.1. The van der Waals surface area contributed by atoms with E-state index in [1.54, 1.807) is 12.1 Å². The van der Waals surface area contributed by atoms with E-state index >= 15 is 0 Å². The molecule has 0 spiro atoms. The summed E-state index contributed by atoms with van der Waals surface area (Å²) in [5.74, 6) is 0.949. The van der Waals surface area contributed by atoms with Gasteiger partial charge in [-0.25, -0.2) is 13.1 Å². The largest absolute Gasteiger partial charge is 0.338 e. The lowest BCUT2D eigenvalue weighted by Crippen LogP contribution is -2.39. The van der Waals surface area contributed by atoms with Crippen LogP contribution in [0.1, 0.15) is 50.4 Å². The van der Waals surface area contributed by atoms with Crippen LogP contribution in [0.25, 0.3) is 0 Å². The summed E-state index contributed by atoms with van der Waals surface area (Å²) in [5, 5.41) is 0. The molecule has 0 saturated carbocycles. The van der Waals surface area contributed by atoms with E-state index in [2.05, 4.69) is 25.5 Å². The smallest absolute Gasteiger partial charge is 0.253 e. The van der Waals surface area contributed by atoms with Crippen molar-refractivity contribution in [3.05, 3.63) is 29.8 Å². The maximum atomic E-state index is 12.5. The molecule has 134 valence electrons. The van der Waals surface area contributed by atoms with Crippen molar-refractivity contribution in [3.63, 3.8) is 0 Å². The quantitative estimate of drug-likeness (QED) is 0.856. The van der Waals surface area contributed by atoms with Crippen LogP contribution < -0.4 is 4.72 Å². The first kappa shape index (κ1) is 18.9. The number of piperidine rings is 1. The zero-order chi connectivity index (χ0) is 17.7. The van der Waals surface area contributed by atoms with Crippen LogP contribution in [0.4, 0.5) is 0 Å². The van der Waals surface area contributed by atoms with Gasteiger partial charge in [0.15, 0.2) is 0 Å². The van der Waals surface area contributed by atoms with Gasteiger partial charge in [0.2, 0.25) is 10.0 Å². The molecule has 5 nitrogen and oxygen atoms in total. The fourth-order valence-corrected chi connectivity index (χ4v) is 3.95. The SMILES string of the molecule is CC(C)CCNS(=O)(=O)c1ccc(C(=O)N2CCCC(C)C2)cc1. The van der Waals surface area contributed by atoms with E-state index in [4.69, 9.17) is 0 Å². The van der Waals surface area contributed by atoms with Gasteiger partial charge in [-0.05, 0) is 55.4 Å². The van der Waals surface area contributed by atoms with E-state index in [1.807, 2.05) is 4.90 Å². The van der Waals surface area contributed by atoms with E-state index in [9.17, 15) is 13.2 Å². The second-order valence-corrected chi connectivity index (χ2v) is 8.87. The van der Waals surface area contributed by atoms with Crippen LogP contribution in [0, 0.1) is 11.8 Å². The normalized spacial score (nSPS) is 18.8. The molecule has 0 radical (unpaired) electrons. The molecule has 2 rings (SSSR count). The highest BCUT2D eigenvalue weighted by molar-refractivity contribution is 7.89. The second-order valence-electron chi connectivity index (χ2n) is 7.10. The number of carbonyl (C=O) groups is 1. The number of likely N-dealkylation sites (tertiary alicyclic amines) is 1. The highest BCUT2D eigenvalue weighted by Gasteiger charge is 2.22. The van der Waals surface area contributed by atoms with Crippen LogP contribution >= 0.6 is 0 Å². The number of nitrogens with zero attached hydrogens (tertiary/aromatic N) is 1. The van der Waals surface area contributed by atoms with Crippen LogP contribution in [0.3, 0.4) is 0 Å². The Morgan fingerprint density at radius 2 is 1.96 bits per heavy atom. The summed E-state index contributed by atoms with van der Waals surface area (Å²) in [6.07, 6.45) is 2.98. The Kier molecular flexibility index (Phi) is 6.40. The Morgan fingerprint density at radius 3 is 2.54 bits per heavy atom. The van der Waals surface area contributed by atoms with Crippen LogP contribution in [-0.4, -0.2) is 38.9 Å². The average Bonchev–Trinajstić information content (AvgIpc) is 2.54.